The summed E-state index contributed by atoms with van der Waals surface area (Å²) in [5.41, 5.74) is -0.0844. The van der Waals surface area contributed by atoms with E-state index in [2.05, 4.69) is 26.2 Å². The fourth-order valence-electron chi connectivity index (χ4n) is 8.03. The summed E-state index contributed by atoms with van der Waals surface area (Å²) in [5.74, 6) is 0. The van der Waals surface area contributed by atoms with Crippen LogP contribution in [-0.2, 0) is 0 Å². The summed E-state index contributed by atoms with van der Waals surface area (Å²) in [7, 11) is 4.74. The minimum Gasteiger partial charge on any atom is -0.307 e. The highest BCUT2D eigenvalue weighted by Gasteiger charge is 2.63. The molecule has 4 saturated heterocycles. The first-order valence-electron chi connectivity index (χ1n) is 12.5. The summed E-state index contributed by atoms with van der Waals surface area (Å²) in [6, 6.07) is 6.98. The molecule has 0 aromatic heterocycles. The van der Waals surface area contributed by atoms with Gasteiger partial charge in [0.1, 0.15) is 12.1 Å². The van der Waals surface area contributed by atoms with E-state index in [1.54, 1.807) is 0 Å². The molecule has 0 saturated carbocycles. The molecule has 4 heteroatoms. The van der Waals surface area contributed by atoms with Crippen molar-refractivity contribution >= 4 is 0 Å². The van der Waals surface area contributed by atoms with Crippen LogP contribution in [0, 0.1) is 22.7 Å². The lowest BCUT2D eigenvalue weighted by molar-refractivity contribution is -0.946. The van der Waals surface area contributed by atoms with Crippen LogP contribution in [0.3, 0.4) is 0 Å². The van der Waals surface area contributed by atoms with Gasteiger partial charge in [-0.05, 0) is 25.7 Å². The first-order chi connectivity index (χ1) is 14.0. The zero-order valence-corrected chi connectivity index (χ0v) is 19.0. The lowest BCUT2D eigenvalue weighted by atomic mass is 9.89. The van der Waals surface area contributed by atoms with Crippen LogP contribution in [0.15, 0.2) is 0 Å². The lowest BCUT2D eigenvalue weighted by Crippen LogP contribution is -2.56. The van der Waals surface area contributed by atoms with Crippen LogP contribution in [0.2, 0.25) is 0 Å². The molecule has 0 amide bonds. The van der Waals surface area contributed by atoms with E-state index in [1.807, 2.05) is 0 Å². The highest BCUT2D eigenvalue weighted by atomic mass is 15.5. The van der Waals surface area contributed by atoms with Crippen molar-refractivity contribution in [1.82, 2.24) is 0 Å². The number of quaternary nitrogens is 2. The first kappa shape index (κ1) is 21.1. The Morgan fingerprint density at radius 1 is 0.621 bits per heavy atom. The summed E-state index contributed by atoms with van der Waals surface area (Å²) >= 11 is 0. The highest BCUT2D eigenvalue weighted by Crippen LogP contribution is 2.52. The maximum absolute atomic E-state index is 9.78. The molecule has 0 aliphatic carbocycles. The van der Waals surface area contributed by atoms with E-state index in [4.69, 9.17) is 0 Å². The van der Waals surface area contributed by atoms with Crippen molar-refractivity contribution in [3.8, 4) is 12.1 Å². The predicted molar refractivity (Wildman–Crippen MR) is 116 cm³/mol. The van der Waals surface area contributed by atoms with Gasteiger partial charge in [0.15, 0.2) is 11.1 Å². The van der Waals surface area contributed by atoms with E-state index < -0.39 is 0 Å². The molecule has 4 heterocycles. The molecular weight excluding hydrogens is 356 g/mol. The van der Waals surface area contributed by atoms with E-state index in [1.165, 1.54) is 83.7 Å². The van der Waals surface area contributed by atoms with Gasteiger partial charge in [0.05, 0.1) is 39.3 Å². The maximum atomic E-state index is 9.78. The number of hydrogen-bond acceptors (Lipinski definition) is 2. The summed E-state index contributed by atoms with van der Waals surface area (Å²) in [5, 5.41) is 19.6. The summed E-state index contributed by atoms with van der Waals surface area (Å²) < 4.78 is 2.11. The van der Waals surface area contributed by atoms with Crippen LogP contribution >= 0.6 is 0 Å². The molecule has 4 fully saturated rings. The summed E-state index contributed by atoms with van der Waals surface area (Å²) in [6.45, 7) is 2.43. The third kappa shape index (κ3) is 3.14. The van der Waals surface area contributed by atoms with Crippen molar-refractivity contribution in [2.24, 2.45) is 0 Å². The monoisotopic (exact) mass is 398 g/mol. The first-order valence-corrected chi connectivity index (χ1v) is 12.5. The third-order valence-electron chi connectivity index (χ3n) is 10.3. The number of rotatable bonds is 10. The fourth-order valence-corrected chi connectivity index (χ4v) is 8.03. The van der Waals surface area contributed by atoms with Gasteiger partial charge in [0, 0.05) is 51.4 Å². The Morgan fingerprint density at radius 2 is 0.931 bits per heavy atom. The Kier molecular flexibility index (Phi) is 5.73. The van der Waals surface area contributed by atoms with Crippen molar-refractivity contribution in [2.75, 3.05) is 27.2 Å². The fraction of sp³-hybridized carbons (Fsp3) is 0.920. The molecule has 160 valence electrons. The van der Waals surface area contributed by atoms with Crippen molar-refractivity contribution in [1.29, 1.82) is 10.5 Å². The standard InChI is InChI=1S/C25H42N4/c1-28(22-10-14-24(28,20-26)15-11-22)18-8-6-4-3-5-7-9-19-29(2)23-12-16-25(29,21-27)17-13-23/h22-23H,3-19H2,1-2H3/q+2. The lowest BCUT2D eigenvalue weighted by Gasteiger charge is -2.40. The van der Waals surface area contributed by atoms with Crippen LogP contribution in [0.1, 0.15) is 96.3 Å². The van der Waals surface area contributed by atoms with Crippen LogP contribution in [0.25, 0.3) is 0 Å². The van der Waals surface area contributed by atoms with Gasteiger partial charge in [-0.15, -0.1) is 0 Å². The second kappa shape index (κ2) is 7.86. The van der Waals surface area contributed by atoms with Crippen LogP contribution in [0.4, 0.5) is 0 Å². The SMILES string of the molecule is C[N+]1(CCCCCCCCC[N+]2(C)C3CCC2(C#N)CC3)C2CCC1(C#N)CC2. The summed E-state index contributed by atoms with van der Waals surface area (Å²) in [4.78, 5) is 0. The van der Waals surface area contributed by atoms with Gasteiger partial charge in [0.25, 0.3) is 0 Å². The number of fused-ring (bicyclic) bond motifs is 4. The third-order valence-corrected chi connectivity index (χ3v) is 10.3. The molecule has 4 nitrogen and oxygen atoms in total. The molecule has 4 aliphatic heterocycles. The Hall–Kier alpha value is -1.10. The topological polar surface area (TPSA) is 47.6 Å². The van der Waals surface area contributed by atoms with Crippen molar-refractivity contribution in [2.45, 2.75) is 119 Å². The number of unbranched alkanes of at least 4 members (excludes halogenated alkanes) is 6. The van der Waals surface area contributed by atoms with Gasteiger partial charge in [-0.3, -0.25) is 0 Å². The zero-order valence-electron chi connectivity index (χ0n) is 19.0. The minimum atomic E-state index is -0.0422. The molecule has 2 unspecified atom stereocenters. The Labute approximate surface area is 178 Å². The normalized spacial score (nSPS) is 44.8. The molecular formula is C25H42N4+2. The summed E-state index contributed by atoms with van der Waals surface area (Å²) in [6.07, 6.45) is 18.9. The highest BCUT2D eigenvalue weighted by molar-refractivity contribution is 5.11. The van der Waals surface area contributed by atoms with E-state index in [-0.39, 0.29) is 11.1 Å². The van der Waals surface area contributed by atoms with Crippen molar-refractivity contribution in [3.63, 3.8) is 0 Å². The second-order valence-electron chi connectivity index (χ2n) is 11.2. The van der Waals surface area contributed by atoms with Gasteiger partial charge in [-0.1, -0.05) is 19.3 Å². The van der Waals surface area contributed by atoms with Crippen LogP contribution < -0.4 is 0 Å². The van der Waals surface area contributed by atoms with E-state index in [9.17, 15) is 10.5 Å². The Balaban J connectivity index is 1.10. The van der Waals surface area contributed by atoms with E-state index in [0.717, 1.165) is 46.7 Å². The Morgan fingerprint density at radius 3 is 1.24 bits per heavy atom. The molecule has 29 heavy (non-hydrogen) atoms. The van der Waals surface area contributed by atoms with Gasteiger partial charge in [0.2, 0.25) is 0 Å². The van der Waals surface area contributed by atoms with Gasteiger partial charge in [-0.25, -0.2) is 0 Å². The van der Waals surface area contributed by atoms with Crippen molar-refractivity contribution in [3.05, 3.63) is 0 Å². The van der Waals surface area contributed by atoms with Gasteiger partial charge < -0.3 is 8.97 Å². The number of nitriles is 2. The van der Waals surface area contributed by atoms with E-state index >= 15 is 0 Å². The largest absolute Gasteiger partial charge is 0.307 e. The molecule has 0 aromatic rings. The molecule has 0 aromatic carbocycles. The van der Waals surface area contributed by atoms with Crippen molar-refractivity contribution < 1.29 is 8.97 Å². The average Bonchev–Trinajstić information content (AvgIpc) is 3.39. The molecule has 4 rings (SSSR count). The number of nitrogens with zero attached hydrogens (tertiary/aromatic N) is 4. The molecule has 4 bridgehead atoms. The van der Waals surface area contributed by atoms with Crippen LogP contribution in [0.5, 0.6) is 0 Å². The minimum absolute atomic E-state index is 0.0422. The molecule has 0 radical (unpaired) electrons. The smallest absolute Gasteiger partial charge is 0.186 e. The van der Waals surface area contributed by atoms with Gasteiger partial charge in [-0.2, -0.15) is 10.5 Å². The van der Waals surface area contributed by atoms with Gasteiger partial charge >= 0.3 is 0 Å². The van der Waals surface area contributed by atoms with Crippen LogP contribution in [-0.4, -0.2) is 59.3 Å². The number of hydrogen-bond donors (Lipinski definition) is 0. The molecule has 0 spiro atoms. The Bertz CT molecular complexity index is 614. The maximum Gasteiger partial charge on any atom is 0.186 e. The molecule has 2 atom stereocenters. The quantitative estimate of drug-likeness (QED) is 0.382. The van der Waals surface area contributed by atoms with E-state index in [0.29, 0.717) is 0 Å². The zero-order chi connectivity index (χ0) is 20.6. The predicted octanol–water partition coefficient (Wildman–Crippen LogP) is 5.05. The second-order valence-corrected chi connectivity index (χ2v) is 11.2. The molecule has 0 N–H and O–H groups in total. The molecule has 4 aliphatic rings. The average molecular weight is 399 g/mol.